The number of anilines is 1. The van der Waals surface area contributed by atoms with Gasteiger partial charge in [0.25, 0.3) is 5.56 Å². The highest BCUT2D eigenvalue weighted by atomic mass is 16.5. The summed E-state index contributed by atoms with van der Waals surface area (Å²) in [5, 5.41) is 0. The Morgan fingerprint density at radius 3 is 2.65 bits per heavy atom. The number of nitrogens with zero attached hydrogens (tertiary/aromatic N) is 1. The van der Waals surface area contributed by atoms with E-state index in [-0.39, 0.29) is 5.56 Å². The molecule has 2 rings (SSSR count). The van der Waals surface area contributed by atoms with Gasteiger partial charge in [0.05, 0.1) is 6.61 Å². The third kappa shape index (κ3) is 3.50. The number of hydrogen-bond donors (Lipinski definition) is 2. The number of hydrogen-bond acceptors (Lipinski definition) is 4. The van der Waals surface area contributed by atoms with Gasteiger partial charge in [0, 0.05) is 24.0 Å². The molecule has 0 aliphatic heterocycles. The molecular weight excluding hydrogens is 258 g/mol. The number of aromatic amines is 1. The average Bonchev–Trinajstić information content (AvgIpc) is 2.42. The lowest BCUT2D eigenvalue weighted by molar-refractivity contribution is 0.300. The van der Waals surface area contributed by atoms with Crippen molar-refractivity contribution in [2.75, 3.05) is 12.3 Å². The van der Waals surface area contributed by atoms with E-state index in [1.165, 1.54) is 4.57 Å². The maximum Gasteiger partial charge on any atom is 0.328 e. The van der Waals surface area contributed by atoms with E-state index >= 15 is 0 Å². The summed E-state index contributed by atoms with van der Waals surface area (Å²) in [5.74, 6) is 0.740. The molecule has 0 saturated carbocycles. The molecule has 0 radical (unpaired) electrons. The Kier molecular flexibility index (Phi) is 4.24. The first-order valence-electron chi connectivity index (χ1n) is 6.35. The van der Waals surface area contributed by atoms with Crippen LogP contribution in [0.5, 0.6) is 5.75 Å². The largest absolute Gasteiger partial charge is 0.494 e. The van der Waals surface area contributed by atoms with Crippen LogP contribution in [0.4, 0.5) is 5.69 Å². The van der Waals surface area contributed by atoms with Gasteiger partial charge in [0.2, 0.25) is 0 Å². The van der Waals surface area contributed by atoms with Crippen molar-refractivity contribution in [3.05, 3.63) is 56.9 Å². The quantitative estimate of drug-likeness (QED) is 0.626. The molecule has 6 nitrogen and oxygen atoms in total. The average molecular weight is 275 g/mol. The van der Waals surface area contributed by atoms with Crippen molar-refractivity contribution >= 4 is 5.69 Å². The summed E-state index contributed by atoms with van der Waals surface area (Å²) in [6, 6.07) is 7.13. The summed E-state index contributed by atoms with van der Waals surface area (Å²) in [4.78, 5) is 25.0. The number of nitrogens with one attached hydrogen (secondary N) is 1. The fraction of sp³-hybridized carbons (Fsp3) is 0.286. The molecule has 0 aliphatic rings. The molecule has 106 valence electrons. The SMILES string of the molecule is Cc1cn(CCCOc2ccc(N)cc2)c(=O)[nH]c1=O. The summed E-state index contributed by atoms with van der Waals surface area (Å²) < 4.78 is 7.01. The smallest absolute Gasteiger partial charge is 0.328 e. The molecule has 2 aromatic rings. The summed E-state index contributed by atoms with van der Waals surface area (Å²) in [5.41, 5.74) is 6.04. The summed E-state index contributed by atoms with van der Waals surface area (Å²) in [6.45, 7) is 2.64. The van der Waals surface area contributed by atoms with Crippen molar-refractivity contribution in [1.29, 1.82) is 0 Å². The molecule has 0 amide bonds. The first kappa shape index (κ1) is 13.9. The van der Waals surface area contributed by atoms with E-state index in [1.54, 1.807) is 37.4 Å². The van der Waals surface area contributed by atoms with E-state index in [1.807, 2.05) is 0 Å². The van der Waals surface area contributed by atoms with Gasteiger partial charge in [0.15, 0.2) is 0 Å². The number of benzene rings is 1. The monoisotopic (exact) mass is 275 g/mol. The second-order valence-corrected chi connectivity index (χ2v) is 4.54. The standard InChI is InChI=1S/C14H17N3O3/c1-10-9-17(14(19)16-13(10)18)7-2-8-20-12-5-3-11(15)4-6-12/h3-6,9H,2,7-8,15H2,1H3,(H,16,18,19). The molecule has 1 aromatic carbocycles. The number of H-pyrrole nitrogens is 1. The van der Waals surface area contributed by atoms with Crippen LogP contribution in [0.1, 0.15) is 12.0 Å². The minimum Gasteiger partial charge on any atom is -0.494 e. The van der Waals surface area contributed by atoms with Gasteiger partial charge in [0.1, 0.15) is 5.75 Å². The predicted molar refractivity (Wildman–Crippen MR) is 77.0 cm³/mol. The summed E-state index contributed by atoms with van der Waals surface area (Å²) >= 11 is 0. The van der Waals surface area contributed by atoms with Crippen molar-refractivity contribution in [2.24, 2.45) is 0 Å². The fourth-order valence-corrected chi connectivity index (χ4v) is 1.77. The molecule has 0 bridgehead atoms. The van der Waals surface area contributed by atoms with Crippen molar-refractivity contribution < 1.29 is 4.74 Å². The first-order chi connectivity index (χ1) is 9.56. The Morgan fingerprint density at radius 1 is 1.25 bits per heavy atom. The van der Waals surface area contributed by atoms with Gasteiger partial charge in [-0.25, -0.2) is 4.79 Å². The zero-order valence-electron chi connectivity index (χ0n) is 11.3. The zero-order valence-corrected chi connectivity index (χ0v) is 11.3. The minimum absolute atomic E-state index is 0.343. The van der Waals surface area contributed by atoms with Crippen LogP contribution in [-0.2, 0) is 6.54 Å². The highest BCUT2D eigenvalue weighted by Gasteiger charge is 2.01. The zero-order chi connectivity index (χ0) is 14.5. The van der Waals surface area contributed by atoms with Crippen LogP contribution in [0, 0.1) is 6.92 Å². The van der Waals surface area contributed by atoms with Gasteiger partial charge >= 0.3 is 5.69 Å². The Labute approximate surface area is 115 Å². The number of ether oxygens (including phenoxy) is 1. The molecule has 0 fully saturated rings. The van der Waals surface area contributed by atoms with E-state index < -0.39 is 5.69 Å². The van der Waals surface area contributed by atoms with Crippen LogP contribution >= 0.6 is 0 Å². The summed E-state index contributed by atoms with van der Waals surface area (Å²) in [7, 11) is 0. The molecule has 0 unspecified atom stereocenters. The van der Waals surface area contributed by atoms with E-state index in [4.69, 9.17) is 10.5 Å². The van der Waals surface area contributed by atoms with Crippen LogP contribution < -0.4 is 21.7 Å². The molecule has 1 heterocycles. The summed E-state index contributed by atoms with van der Waals surface area (Å²) in [6.07, 6.45) is 2.22. The number of rotatable bonds is 5. The van der Waals surface area contributed by atoms with Gasteiger partial charge < -0.3 is 15.0 Å². The van der Waals surface area contributed by atoms with Crippen molar-refractivity contribution in [3.8, 4) is 5.75 Å². The van der Waals surface area contributed by atoms with Crippen LogP contribution in [0.15, 0.2) is 40.1 Å². The van der Waals surface area contributed by atoms with E-state index in [2.05, 4.69) is 4.98 Å². The normalized spacial score (nSPS) is 10.4. The van der Waals surface area contributed by atoms with E-state index in [0.717, 1.165) is 5.75 Å². The molecule has 6 heteroatoms. The minimum atomic E-state index is -0.395. The van der Waals surface area contributed by atoms with Crippen LogP contribution in [0.25, 0.3) is 0 Å². The fourth-order valence-electron chi connectivity index (χ4n) is 1.77. The van der Waals surface area contributed by atoms with Gasteiger partial charge in [-0.3, -0.25) is 9.78 Å². The molecule has 3 N–H and O–H groups in total. The first-order valence-corrected chi connectivity index (χ1v) is 6.35. The number of aryl methyl sites for hydroxylation is 2. The van der Waals surface area contributed by atoms with Crippen molar-refractivity contribution in [2.45, 2.75) is 19.9 Å². The second kappa shape index (κ2) is 6.10. The number of aromatic nitrogens is 2. The molecule has 0 saturated heterocycles. The Morgan fingerprint density at radius 2 is 1.95 bits per heavy atom. The molecule has 0 aliphatic carbocycles. The molecule has 0 spiro atoms. The number of nitrogen functional groups attached to an aromatic ring is 1. The third-order valence-electron chi connectivity index (χ3n) is 2.88. The van der Waals surface area contributed by atoms with Crippen molar-refractivity contribution in [3.63, 3.8) is 0 Å². The number of nitrogens with two attached hydrogens (primary N) is 1. The van der Waals surface area contributed by atoms with E-state index in [0.29, 0.717) is 30.8 Å². The topological polar surface area (TPSA) is 90.1 Å². The lowest BCUT2D eigenvalue weighted by atomic mass is 10.3. The lowest BCUT2D eigenvalue weighted by Gasteiger charge is -2.08. The van der Waals surface area contributed by atoms with Gasteiger partial charge in [-0.1, -0.05) is 0 Å². The second-order valence-electron chi connectivity index (χ2n) is 4.54. The van der Waals surface area contributed by atoms with Crippen molar-refractivity contribution in [1.82, 2.24) is 9.55 Å². The maximum absolute atomic E-state index is 11.5. The Bertz CT molecular complexity index is 686. The van der Waals surface area contributed by atoms with Gasteiger partial charge in [-0.2, -0.15) is 0 Å². The maximum atomic E-state index is 11.5. The highest BCUT2D eigenvalue weighted by molar-refractivity contribution is 5.41. The van der Waals surface area contributed by atoms with Gasteiger partial charge in [-0.05, 0) is 37.6 Å². The highest BCUT2D eigenvalue weighted by Crippen LogP contribution is 2.13. The van der Waals surface area contributed by atoms with Gasteiger partial charge in [-0.15, -0.1) is 0 Å². The molecule has 0 atom stereocenters. The Hall–Kier alpha value is -2.50. The predicted octanol–water partition coefficient (Wildman–Crippen LogP) is 0.896. The molecule has 1 aromatic heterocycles. The van der Waals surface area contributed by atoms with Crippen LogP contribution in [0.3, 0.4) is 0 Å². The third-order valence-corrected chi connectivity index (χ3v) is 2.88. The van der Waals surface area contributed by atoms with Crippen LogP contribution in [-0.4, -0.2) is 16.2 Å². The lowest BCUT2D eigenvalue weighted by Crippen LogP contribution is -2.31. The van der Waals surface area contributed by atoms with E-state index in [9.17, 15) is 9.59 Å². The molecular formula is C14H17N3O3. The van der Waals surface area contributed by atoms with Crippen LogP contribution in [0.2, 0.25) is 0 Å². The Balaban J connectivity index is 1.87. The molecule has 20 heavy (non-hydrogen) atoms.